The first-order valence-electron chi connectivity index (χ1n) is 4.80. The number of aliphatic hydroxyl groups is 1. The number of fused-ring (bicyclic) bond motifs is 1. The molecule has 1 unspecified atom stereocenters. The van der Waals surface area contributed by atoms with E-state index in [1.165, 1.54) is 5.56 Å². The number of hydrogen-bond donors (Lipinski definition) is 2. The first-order valence-corrected chi connectivity index (χ1v) is 4.80. The molecule has 1 aliphatic rings. The Morgan fingerprint density at radius 3 is 2.93 bits per heavy atom. The van der Waals surface area contributed by atoms with E-state index in [2.05, 4.69) is 0 Å². The molecule has 76 valence electrons. The molecule has 0 saturated carbocycles. The number of rotatable bonds is 1. The van der Waals surface area contributed by atoms with E-state index in [1.54, 1.807) is 7.11 Å². The third-order valence-corrected chi connectivity index (χ3v) is 2.81. The van der Waals surface area contributed by atoms with Gasteiger partial charge in [0.1, 0.15) is 5.75 Å². The van der Waals surface area contributed by atoms with Gasteiger partial charge in [-0.15, -0.1) is 0 Å². The second kappa shape index (κ2) is 3.59. The minimum atomic E-state index is -0.446. The van der Waals surface area contributed by atoms with Gasteiger partial charge >= 0.3 is 0 Å². The average molecular weight is 193 g/mol. The van der Waals surface area contributed by atoms with Crippen LogP contribution < -0.4 is 10.5 Å². The van der Waals surface area contributed by atoms with Gasteiger partial charge in [-0.2, -0.15) is 0 Å². The zero-order valence-electron chi connectivity index (χ0n) is 8.23. The molecule has 1 aromatic rings. The molecule has 0 bridgehead atoms. The third kappa shape index (κ3) is 1.49. The maximum Gasteiger partial charge on any atom is 0.122 e. The van der Waals surface area contributed by atoms with Crippen molar-refractivity contribution in [2.45, 2.75) is 25.0 Å². The van der Waals surface area contributed by atoms with E-state index in [0.717, 1.165) is 17.7 Å². The molecule has 0 spiro atoms. The van der Waals surface area contributed by atoms with Gasteiger partial charge in [-0.05, 0) is 23.6 Å². The quantitative estimate of drug-likeness (QED) is 0.682. The summed E-state index contributed by atoms with van der Waals surface area (Å²) in [5.41, 5.74) is 8.09. The van der Waals surface area contributed by atoms with Crippen LogP contribution in [0, 0.1) is 0 Å². The van der Waals surface area contributed by atoms with Crippen LogP contribution in [0.1, 0.15) is 11.1 Å². The fourth-order valence-electron chi connectivity index (χ4n) is 1.98. The molecule has 1 aromatic carbocycles. The molecule has 0 heterocycles. The maximum absolute atomic E-state index is 9.66. The average Bonchev–Trinajstić information content (AvgIpc) is 2.19. The van der Waals surface area contributed by atoms with Crippen molar-refractivity contribution >= 4 is 0 Å². The lowest BCUT2D eigenvalue weighted by Crippen LogP contribution is -2.41. The van der Waals surface area contributed by atoms with Gasteiger partial charge in [0.2, 0.25) is 0 Å². The topological polar surface area (TPSA) is 55.5 Å². The lowest BCUT2D eigenvalue weighted by molar-refractivity contribution is 0.136. The lowest BCUT2D eigenvalue weighted by atomic mass is 9.86. The molecule has 3 N–H and O–H groups in total. The molecule has 3 nitrogen and oxygen atoms in total. The van der Waals surface area contributed by atoms with Crippen molar-refractivity contribution in [3.8, 4) is 5.75 Å². The highest BCUT2D eigenvalue weighted by Gasteiger charge is 2.25. The molecular weight excluding hydrogens is 178 g/mol. The van der Waals surface area contributed by atoms with E-state index in [0.29, 0.717) is 6.42 Å². The fraction of sp³-hybridized carbons (Fsp3) is 0.455. The van der Waals surface area contributed by atoms with E-state index >= 15 is 0 Å². The maximum atomic E-state index is 9.66. The largest absolute Gasteiger partial charge is 0.496 e. The van der Waals surface area contributed by atoms with Crippen LogP contribution in [-0.4, -0.2) is 24.4 Å². The monoisotopic (exact) mass is 193 g/mol. The van der Waals surface area contributed by atoms with Crippen LogP contribution >= 0.6 is 0 Å². The smallest absolute Gasteiger partial charge is 0.122 e. The van der Waals surface area contributed by atoms with E-state index in [4.69, 9.17) is 10.5 Å². The Morgan fingerprint density at radius 1 is 1.43 bits per heavy atom. The molecule has 0 amide bonds. The van der Waals surface area contributed by atoms with Gasteiger partial charge in [-0.1, -0.05) is 12.1 Å². The predicted octanol–water partition coefficient (Wildman–Crippen LogP) is 0.482. The highest BCUT2D eigenvalue weighted by atomic mass is 16.5. The number of methoxy groups -OCH3 is 1. The van der Waals surface area contributed by atoms with Crippen molar-refractivity contribution in [3.05, 3.63) is 29.3 Å². The van der Waals surface area contributed by atoms with Crippen LogP contribution in [0.25, 0.3) is 0 Å². The molecule has 0 radical (unpaired) electrons. The highest BCUT2D eigenvalue weighted by Crippen LogP contribution is 2.28. The molecular formula is C11H15NO2. The summed E-state index contributed by atoms with van der Waals surface area (Å²) in [7, 11) is 1.65. The highest BCUT2D eigenvalue weighted by molar-refractivity contribution is 5.43. The first-order chi connectivity index (χ1) is 6.72. The zero-order chi connectivity index (χ0) is 10.1. The molecule has 2 atom stereocenters. The lowest BCUT2D eigenvalue weighted by Gasteiger charge is -2.27. The van der Waals surface area contributed by atoms with E-state index in [1.807, 2.05) is 18.2 Å². The SMILES string of the molecule is COc1cccc2c1C[C@@H](O)C(N)C2. The molecule has 0 aromatic heterocycles. The van der Waals surface area contributed by atoms with Crippen molar-refractivity contribution in [2.75, 3.05) is 7.11 Å². The fourth-order valence-corrected chi connectivity index (χ4v) is 1.98. The normalized spacial score (nSPS) is 25.6. The van der Waals surface area contributed by atoms with Crippen LogP contribution in [0.3, 0.4) is 0 Å². The second-order valence-corrected chi connectivity index (χ2v) is 3.74. The Hall–Kier alpha value is -1.06. The molecule has 0 saturated heterocycles. The molecule has 14 heavy (non-hydrogen) atoms. The molecule has 1 aliphatic carbocycles. The third-order valence-electron chi connectivity index (χ3n) is 2.81. The standard InChI is InChI=1S/C11H15NO2/c1-14-11-4-2-3-7-5-9(12)10(13)6-8(7)11/h2-4,9-10,13H,5-6,12H2,1H3/t9?,10-/m1/s1. The summed E-state index contributed by atoms with van der Waals surface area (Å²) in [6.45, 7) is 0. The first kappa shape index (κ1) is 9.49. The van der Waals surface area contributed by atoms with Gasteiger partial charge in [0.05, 0.1) is 13.2 Å². The van der Waals surface area contributed by atoms with E-state index in [-0.39, 0.29) is 6.04 Å². The van der Waals surface area contributed by atoms with E-state index < -0.39 is 6.10 Å². The Balaban J connectivity index is 2.41. The number of benzene rings is 1. The van der Waals surface area contributed by atoms with Gasteiger partial charge in [0.15, 0.2) is 0 Å². The predicted molar refractivity (Wildman–Crippen MR) is 54.4 cm³/mol. The minimum absolute atomic E-state index is 0.144. The summed E-state index contributed by atoms with van der Waals surface area (Å²) in [6.07, 6.45) is 0.882. The summed E-state index contributed by atoms with van der Waals surface area (Å²) in [5, 5.41) is 9.66. The Morgan fingerprint density at radius 2 is 2.21 bits per heavy atom. The van der Waals surface area contributed by atoms with Gasteiger partial charge < -0.3 is 15.6 Å². The number of ether oxygens (including phenoxy) is 1. The van der Waals surface area contributed by atoms with Crippen molar-refractivity contribution in [1.82, 2.24) is 0 Å². The molecule has 0 fully saturated rings. The van der Waals surface area contributed by atoms with Crippen LogP contribution in [0.5, 0.6) is 5.75 Å². The molecule has 3 heteroatoms. The van der Waals surface area contributed by atoms with E-state index in [9.17, 15) is 5.11 Å². The van der Waals surface area contributed by atoms with Crippen molar-refractivity contribution in [1.29, 1.82) is 0 Å². The summed E-state index contributed by atoms with van der Waals surface area (Å²) >= 11 is 0. The summed E-state index contributed by atoms with van der Waals surface area (Å²) in [6, 6.07) is 5.78. The van der Waals surface area contributed by atoms with Gasteiger partial charge in [-0.25, -0.2) is 0 Å². The van der Waals surface area contributed by atoms with Gasteiger partial charge in [0, 0.05) is 12.5 Å². The molecule has 0 aliphatic heterocycles. The number of hydrogen-bond acceptors (Lipinski definition) is 3. The Bertz CT molecular complexity index is 338. The Labute approximate surface area is 83.5 Å². The summed E-state index contributed by atoms with van der Waals surface area (Å²) < 4.78 is 5.24. The van der Waals surface area contributed by atoms with Crippen LogP contribution in [0.15, 0.2) is 18.2 Å². The molecule has 2 rings (SSSR count). The van der Waals surface area contributed by atoms with Gasteiger partial charge in [0.25, 0.3) is 0 Å². The zero-order valence-corrected chi connectivity index (χ0v) is 8.23. The number of aliphatic hydroxyl groups excluding tert-OH is 1. The number of nitrogens with two attached hydrogens (primary N) is 1. The van der Waals surface area contributed by atoms with Crippen LogP contribution in [0.4, 0.5) is 0 Å². The minimum Gasteiger partial charge on any atom is -0.496 e. The van der Waals surface area contributed by atoms with Crippen LogP contribution in [0.2, 0.25) is 0 Å². The van der Waals surface area contributed by atoms with Crippen molar-refractivity contribution in [3.63, 3.8) is 0 Å². The Kier molecular flexibility index (Phi) is 2.44. The van der Waals surface area contributed by atoms with Crippen molar-refractivity contribution in [2.24, 2.45) is 5.73 Å². The van der Waals surface area contributed by atoms with Crippen LogP contribution in [-0.2, 0) is 12.8 Å². The summed E-state index contributed by atoms with van der Waals surface area (Å²) in [5.74, 6) is 0.855. The van der Waals surface area contributed by atoms with Crippen molar-refractivity contribution < 1.29 is 9.84 Å². The summed E-state index contributed by atoms with van der Waals surface area (Å²) in [4.78, 5) is 0. The van der Waals surface area contributed by atoms with Gasteiger partial charge in [-0.3, -0.25) is 0 Å². The second-order valence-electron chi connectivity index (χ2n) is 3.74.